The molecule has 0 aromatic carbocycles. The van der Waals surface area contributed by atoms with Crippen LogP contribution in [0.25, 0.3) is 0 Å². The average molecular weight is 131 g/mol. The minimum absolute atomic E-state index is 0.245. The molecule has 0 saturated carbocycles. The molecule has 0 rings (SSSR count). The predicted molar refractivity (Wildman–Crippen MR) is 40.0 cm³/mol. The third-order valence-electron chi connectivity index (χ3n) is 0.348. The largest absolute Gasteiger partial charge is 0.370 e. The summed E-state index contributed by atoms with van der Waals surface area (Å²) < 4.78 is 0. The molecule has 0 aliphatic heterocycles. The van der Waals surface area contributed by atoms with E-state index in [1.807, 2.05) is 0 Å². The van der Waals surface area contributed by atoms with Crippen LogP contribution in [-0.2, 0) is 4.79 Å². The van der Waals surface area contributed by atoms with E-state index < -0.39 is 0 Å². The second kappa shape index (κ2) is 7.47. The minimum Gasteiger partial charge on any atom is -0.370 e. The van der Waals surface area contributed by atoms with Gasteiger partial charge in [0.05, 0.1) is 0 Å². The van der Waals surface area contributed by atoms with Gasteiger partial charge in [-0.25, -0.2) is 0 Å². The Bertz CT molecular complexity index is 66.6. The first-order valence-electron chi connectivity index (χ1n) is 3.29. The van der Waals surface area contributed by atoms with Crippen molar-refractivity contribution < 1.29 is 4.79 Å². The minimum atomic E-state index is -0.245. The van der Waals surface area contributed by atoms with Crippen LogP contribution in [0.1, 0.15) is 34.1 Å². The highest BCUT2D eigenvalue weighted by atomic mass is 16.1. The first-order chi connectivity index (χ1) is 4.00. The van der Waals surface area contributed by atoms with E-state index in [4.69, 9.17) is 0 Å². The monoisotopic (exact) mass is 131 g/mol. The Hall–Kier alpha value is -0.530. The van der Waals surface area contributed by atoms with Gasteiger partial charge < -0.3 is 5.73 Å². The SMILES string of the molecule is CC(C)C.CCC(N)=O. The van der Waals surface area contributed by atoms with E-state index in [1.165, 1.54) is 0 Å². The van der Waals surface area contributed by atoms with Gasteiger partial charge in [-0.15, -0.1) is 0 Å². The van der Waals surface area contributed by atoms with Crippen LogP contribution < -0.4 is 5.73 Å². The van der Waals surface area contributed by atoms with Gasteiger partial charge in [-0.3, -0.25) is 4.79 Å². The molecule has 0 fully saturated rings. The van der Waals surface area contributed by atoms with Crippen LogP contribution in [0.3, 0.4) is 0 Å². The molecule has 0 atom stereocenters. The molecule has 0 aromatic rings. The fraction of sp³-hybridized carbons (Fsp3) is 0.857. The third kappa shape index (κ3) is 103. The van der Waals surface area contributed by atoms with Crippen LogP contribution in [0.15, 0.2) is 0 Å². The number of carbonyl (C=O) groups is 1. The summed E-state index contributed by atoms with van der Waals surface area (Å²) in [5.74, 6) is 0.588. The first-order valence-corrected chi connectivity index (χ1v) is 3.29. The molecular formula is C7H17NO. The summed E-state index contributed by atoms with van der Waals surface area (Å²) in [4.78, 5) is 9.59. The van der Waals surface area contributed by atoms with Crippen LogP contribution in [0.4, 0.5) is 0 Å². The number of nitrogens with two attached hydrogens (primary N) is 1. The van der Waals surface area contributed by atoms with Crippen molar-refractivity contribution in [2.75, 3.05) is 0 Å². The zero-order valence-electron chi connectivity index (χ0n) is 6.77. The summed E-state index contributed by atoms with van der Waals surface area (Å²) in [7, 11) is 0. The number of hydrogen-bond acceptors (Lipinski definition) is 1. The maximum atomic E-state index is 9.59. The lowest BCUT2D eigenvalue weighted by Gasteiger charge is -1.79. The number of hydrogen-bond donors (Lipinski definition) is 1. The van der Waals surface area contributed by atoms with Gasteiger partial charge in [-0.1, -0.05) is 27.7 Å². The smallest absolute Gasteiger partial charge is 0.217 e. The lowest BCUT2D eigenvalue weighted by atomic mass is 10.3. The highest BCUT2D eigenvalue weighted by Crippen LogP contribution is 1.81. The average Bonchev–Trinajstić information content (AvgIpc) is 1.65. The van der Waals surface area contributed by atoms with Crippen molar-refractivity contribution in [3.8, 4) is 0 Å². The fourth-order valence-electron chi connectivity index (χ4n) is 0. The van der Waals surface area contributed by atoms with Crippen LogP contribution in [-0.4, -0.2) is 5.91 Å². The topological polar surface area (TPSA) is 43.1 Å². The van der Waals surface area contributed by atoms with E-state index in [0.717, 1.165) is 5.92 Å². The summed E-state index contributed by atoms with van der Waals surface area (Å²) in [6.45, 7) is 8.22. The summed E-state index contributed by atoms with van der Waals surface area (Å²) in [6.07, 6.45) is 0.444. The number of carbonyl (C=O) groups excluding carboxylic acids is 1. The Morgan fingerprint density at radius 1 is 1.44 bits per heavy atom. The molecule has 2 heteroatoms. The van der Waals surface area contributed by atoms with Gasteiger partial charge in [-0.2, -0.15) is 0 Å². The fourth-order valence-corrected chi connectivity index (χ4v) is 0. The number of rotatable bonds is 1. The Kier molecular flexibility index (Phi) is 9.37. The van der Waals surface area contributed by atoms with Crippen molar-refractivity contribution in [2.45, 2.75) is 34.1 Å². The molecule has 0 bridgehead atoms. The van der Waals surface area contributed by atoms with Gasteiger partial charge in [0.1, 0.15) is 0 Å². The van der Waals surface area contributed by atoms with Gasteiger partial charge in [0.25, 0.3) is 0 Å². The Balaban J connectivity index is 0. The molecule has 0 aromatic heterocycles. The molecule has 9 heavy (non-hydrogen) atoms. The summed E-state index contributed by atoms with van der Waals surface area (Å²) >= 11 is 0. The zero-order chi connectivity index (χ0) is 7.86. The maximum absolute atomic E-state index is 9.59. The van der Waals surface area contributed by atoms with Gasteiger partial charge in [-0.05, 0) is 5.92 Å². The van der Waals surface area contributed by atoms with E-state index in [2.05, 4.69) is 26.5 Å². The van der Waals surface area contributed by atoms with Gasteiger partial charge in [0.15, 0.2) is 0 Å². The van der Waals surface area contributed by atoms with Gasteiger partial charge >= 0.3 is 0 Å². The quantitative estimate of drug-likeness (QED) is 0.576. The van der Waals surface area contributed by atoms with E-state index in [0.29, 0.717) is 6.42 Å². The molecule has 0 unspecified atom stereocenters. The molecular weight excluding hydrogens is 114 g/mol. The van der Waals surface area contributed by atoms with Crippen molar-refractivity contribution in [1.82, 2.24) is 0 Å². The molecule has 0 aliphatic rings. The molecule has 0 radical (unpaired) electrons. The molecule has 2 N–H and O–H groups in total. The second-order valence-electron chi connectivity index (χ2n) is 2.55. The van der Waals surface area contributed by atoms with E-state index in [-0.39, 0.29) is 5.91 Å². The van der Waals surface area contributed by atoms with E-state index in [9.17, 15) is 4.79 Å². The van der Waals surface area contributed by atoms with Crippen LogP contribution >= 0.6 is 0 Å². The van der Waals surface area contributed by atoms with E-state index >= 15 is 0 Å². The van der Waals surface area contributed by atoms with Gasteiger partial charge in [0, 0.05) is 6.42 Å². The van der Waals surface area contributed by atoms with Crippen LogP contribution in [0, 0.1) is 5.92 Å². The number of amides is 1. The molecule has 0 spiro atoms. The van der Waals surface area contributed by atoms with Crippen molar-refractivity contribution in [2.24, 2.45) is 11.7 Å². The van der Waals surface area contributed by atoms with Crippen molar-refractivity contribution in [3.63, 3.8) is 0 Å². The Labute approximate surface area is 57.4 Å². The third-order valence-corrected chi connectivity index (χ3v) is 0.348. The van der Waals surface area contributed by atoms with Crippen molar-refractivity contribution in [1.29, 1.82) is 0 Å². The predicted octanol–water partition coefficient (Wildman–Crippen LogP) is 1.54. The first kappa shape index (κ1) is 11.3. The highest BCUT2D eigenvalue weighted by molar-refractivity contribution is 5.73. The normalized spacial score (nSPS) is 8.11. The molecule has 1 amide bonds. The van der Waals surface area contributed by atoms with Gasteiger partial charge in [0.2, 0.25) is 5.91 Å². The molecule has 2 nitrogen and oxygen atoms in total. The second-order valence-corrected chi connectivity index (χ2v) is 2.55. The van der Waals surface area contributed by atoms with Crippen molar-refractivity contribution >= 4 is 5.91 Å². The summed E-state index contributed by atoms with van der Waals surface area (Å²) in [6, 6.07) is 0. The molecule has 0 heterocycles. The van der Waals surface area contributed by atoms with Crippen LogP contribution in [0.2, 0.25) is 0 Å². The Morgan fingerprint density at radius 3 is 1.56 bits per heavy atom. The standard InChI is InChI=1S/C4H10.C3H7NO/c1-4(2)3;1-2-3(4)5/h4H,1-3H3;2H2,1H3,(H2,4,5). The van der Waals surface area contributed by atoms with E-state index in [1.54, 1.807) is 6.92 Å². The van der Waals surface area contributed by atoms with Crippen molar-refractivity contribution in [3.05, 3.63) is 0 Å². The lowest BCUT2D eigenvalue weighted by molar-refractivity contribution is -0.117. The number of primary amides is 1. The zero-order valence-corrected chi connectivity index (χ0v) is 6.77. The lowest BCUT2D eigenvalue weighted by Crippen LogP contribution is -2.06. The summed E-state index contributed by atoms with van der Waals surface area (Å²) in [5, 5.41) is 0. The molecule has 0 aliphatic carbocycles. The molecule has 0 saturated heterocycles. The summed E-state index contributed by atoms with van der Waals surface area (Å²) in [5.41, 5.74) is 4.65. The highest BCUT2D eigenvalue weighted by Gasteiger charge is 1.77. The molecule has 56 valence electrons. The van der Waals surface area contributed by atoms with Crippen LogP contribution in [0.5, 0.6) is 0 Å². The Morgan fingerprint density at radius 2 is 1.56 bits per heavy atom. The maximum Gasteiger partial charge on any atom is 0.217 e.